The Hall–Kier alpha value is -2.66. The van der Waals surface area contributed by atoms with E-state index in [-0.39, 0.29) is 25.0 Å². The zero-order valence-corrected chi connectivity index (χ0v) is 16.9. The summed E-state index contributed by atoms with van der Waals surface area (Å²) in [6.45, 7) is 0.935. The summed E-state index contributed by atoms with van der Waals surface area (Å²) in [7, 11) is 1.51. The number of carboxylic acids is 1. The van der Waals surface area contributed by atoms with Crippen molar-refractivity contribution in [1.82, 2.24) is 4.90 Å². The van der Waals surface area contributed by atoms with Crippen LogP contribution in [0.3, 0.4) is 0 Å². The van der Waals surface area contributed by atoms with Crippen LogP contribution in [0.1, 0.15) is 36.3 Å². The number of ether oxygens (including phenoxy) is 1. The van der Waals surface area contributed by atoms with Gasteiger partial charge < -0.3 is 14.7 Å². The van der Waals surface area contributed by atoms with Crippen molar-refractivity contribution < 1.29 is 19.4 Å². The number of amides is 1. The number of nitrogens with zero attached hydrogens (tertiary/aromatic N) is 1. The first-order valence-corrected chi connectivity index (χ1v) is 10.1. The number of methoxy groups -OCH3 is 1. The summed E-state index contributed by atoms with van der Waals surface area (Å²) in [6, 6.07) is 20.2. The smallest absolute Gasteiger partial charge is 0.313 e. The van der Waals surface area contributed by atoms with E-state index in [1.807, 2.05) is 36.4 Å². The van der Waals surface area contributed by atoms with Crippen molar-refractivity contribution in [3.63, 3.8) is 0 Å². The molecule has 154 valence electrons. The third-order valence-corrected chi connectivity index (χ3v) is 5.82. The Bertz CT molecular complexity index is 804. The highest BCUT2D eigenvalue weighted by molar-refractivity contribution is 5.80. The molecule has 2 aromatic rings. The average molecular weight is 395 g/mol. The fourth-order valence-electron chi connectivity index (χ4n) is 4.25. The molecule has 0 bridgehead atoms. The summed E-state index contributed by atoms with van der Waals surface area (Å²) in [5, 5.41) is 9.76. The van der Waals surface area contributed by atoms with Crippen LogP contribution in [-0.2, 0) is 20.7 Å². The number of hydrogen-bond donors (Lipinski definition) is 1. The van der Waals surface area contributed by atoms with Crippen LogP contribution in [-0.4, -0.2) is 48.7 Å². The summed E-state index contributed by atoms with van der Waals surface area (Å²) in [5.41, 5.74) is 1.31. The van der Waals surface area contributed by atoms with E-state index in [4.69, 9.17) is 4.74 Å². The number of benzene rings is 2. The van der Waals surface area contributed by atoms with E-state index in [2.05, 4.69) is 24.3 Å². The van der Waals surface area contributed by atoms with Gasteiger partial charge in [0.2, 0.25) is 5.91 Å². The number of carbonyl (C=O) groups excluding carboxylic acids is 1. The highest BCUT2D eigenvalue weighted by Gasteiger charge is 2.44. The van der Waals surface area contributed by atoms with Crippen LogP contribution >= 0.6 is 0 Å². The van der Waals surface area contributed by atoms with E-state index in [1.54, 1.807) is 4.90 Å². The molecule has 0 aromatic heterocycles. The van der Waals surface area contributed by atoms with Crippen LogP contribution in [0, 0.1) is 5.41 Å². The van der Waals surface area contributed by atoms with E-state index in [1.165, 1.54) is 12.7 Å². The number of piperidine rings is 1. The monoisotopic (exact) mass is 395 g/mol. The standard InChI is InChI=1S/C24H29NO4/c1-29-18-24(23(27)28)13-8-14-25(17-24)22(26)16-21(20-11-6-3-7-12-20)15-19-9-4-2-5-10-19/h2-7,9-12,21H,8,13-18H2,1H3,(H,27,28). The molecule has 1 saturated heterocycles. The molecule has 1 amide bonds. The Kier molecular flexibility index (Phi) is 7.04. The van der Waals surface area contributed by atoms with Crippen molar-refractivity contribution in [2.45, 2.75) is 31.6 Å². The third kappa shape index (κ3) is 5.24. The molecule has 2 atom stereocenters. The van der Waals surface area contributed by atoms with Gasteiger partial charge in [-0.15, -0.1) is 0 Å². The zero-order valence-electron chi connectivity index (χ0n) is 16.9. The molecule has 5 heteroatoms. The fraction of sp³-hybridized carbons (Fsp3) is 0.417. The number of hydrogen-bond acceptors (Lipinski definition) is 3. The second-order valence-corrected chi connectivity index (χ2v) is 7.94. The SMILES string of the molecule is COCC1(C(=O)O)CCCN(C(=O)CC(Cc2ccccc2)c2ccccc2)C1. The van der Waals surface area contributed by atoms with Crippen molar-refractivity contribution in [2.24, 2.45) is 5.41 Å². The Morgan fingerprint density at radius 3 is 2.38 bits per heavy atom. The highest BCUT2D eigenvalue weighted by atomic mass is 16.5. The molecule has 0 radical (unpaired) electrons. The molecule has 1 aliphatic rings. The van der Waals surface area contributed by atoms with Gasteiger partial charge in [-0.05, 0) is 36.3 Å². The largest absolute Gasteiger partial charge is 0.481 e. The number of aliphatic carboxylic acids is 1. The van der Waals surface area contributed by atoms with E-state index in [0.29, 0.717) is 25.8 Å². The van der Waals surface area contributed by atoms with Gasteiger partial charge in [0.15, 0.2) is 0 Å². The van der Waals surface area contributed by atoms with Crippen LogP contribution in [0.5, 0.6) is 0 Å². The van der Waals surface area contributed by atoms with Crippen molar-refractivity contribution in [2.75, 3.05) is 26.8 Å². The molecule has 1 N–H and O–H groups in total. The maximum absolute atomic E-state index is 13.2. The minimum atomic E-state index is -1.01. The minimum absolute atomic E-state index is 0.0104. The van der Waals surface area contributed by atoms with Crippen molar-refractivity contribution in [3.8, 4) is 0 Å². The lowest BCUT2D eigenvalue weighted by molar-refractivity contribution is -0.159. The maximum Gasteiger partial charge on any atom is 0.313 e. The van der Waals surface area contributed by atoms with Gasteiger partial charge in [0.25, 0.3) is 0 Å². The zero-order chi connectivity index (χ0) is 20.7. The van der Waals surface area contributed by atoms with Crippen molar-refractivity contribution in [3.05, 3.63) is 71.8 Å². The molecular formula is C24H29NO4. The third-order valence-electron chi connectivity index (χ3n) is 5.82. The van der Waals surface area contributed by atoms with Crippen LogP contribution in [0.4, 0.5) is 0 Å². The predicted octanol–water partition coefficient (Wildman–Crippen LogP) is 3.74. The maximum atomic E-state index is 13.2. The molecule has 3 rings (SSSR count). The van der Waals surface area contributed by atoms with Gasteiger partial charge in [0.1, 0.15) is 5.41 Å². The van der Waals surface area contributed by atoms with Crippen LogP contribution in [0.2, 0.25) is 0 Å². The Labute approximate surface area is 172 Å². The van der Waals surface area contributed by atoms with Gasteiger partial charge in [-0.3, -0.25) is 9.59 Å². The highest BCUT2D eigenvalue weighted by Crippen LogP contribution is 2.33. The van der Waals surface area contributed by atoms with Gasteiger partial charge in [-0.2, -0.15) is 0 Å². The molecule has 0 aliphatic carbocycles. The molecule has 2 unspecified atom stereocenters. The molecule has 2 aromatic carbocycles. The molecular weight excluding hydrogens is 366 g/mol. The molecule has 1 aliphatic heterocycles. The Balaban J connectivity index is 1.76. The average Bonchev–Trinajstić information content (AvgIpc) is 2.75. The number of rotatable bonds is 8. The van der Waals surface area contributed by atoms with Gasteiger partial charge in [0, 0.05) is 26.6 Å². The first-order valence-electron chi connectivity index (χ1n) is 10.1. The van der Waals surface area contributed by atoms with Crippen molar-refractivity contribution >= 4 is 11.9 Å². The topological polar surface area (TPSA) is 66.8 Å². The molecule has 5 nitrogen and oxygen atoms in total. The van der Waals surface area contributed by atoms with Crippen LogP contribution < -0.4 is 0 Å². The Morgan fingerprint density at radius 1 is 1.10 bits per heavy atom. The number of likely N-dealkylation sites (tertiary alicyclic amines) is 1. The van der Waals surface area contributed by atoms with Gasteiger partial charge in [-0.25, -0.2) is 0 Å². The lowest BCUT2D eigenvalue weighted by atomic mass is 9.80. The number of carbonyl (C=O) groups is 2. The van der Waals surface area contributed by atoms with Crippen LogP contribution in [0.15, 0.2) is 60.7 Å². The quantitative estimate of drug-likeness (QED) is 0.739. The summed E-state index contributed by atoms with van der Waals surface area (Å²) in [5.74, 6) is -0.827. The van der Waals surface area contributed by atoms with E-state index >= 15 is 0 Å². The summed E-state index contributed by atoms with van der Waals surface area (Å²) >= 11 is 0. The molecule has 29 heavy (non-hydrogen) atoms. The summed E-state index contributed by atoms with van der Waals surface area (Å²) < 4.78 is 5.18. The van der Waals surface area contributed by atoms with Gasteiger partial charge in [-0.1, -0.05) is 60.7 Å². The first-order chi connectivity index (χ1) is 14.0. The fourth-order valence-corrected chi connectivity index (χ4v) is 4.25. The second-order valence-electron chi connectivity index (χ2n) is 7.94. The van der Waals surface area contributed by atoms with E-state index < -0.39 is 11.4 Å². The minimum Gasteiger partial charge on any atom is -0.481 e. The molecule has 1 heterocycles. The lowest BCUT2D eigenvalue weighted by Gasteiger charge is -2.40. The molecule has 0 saturated carbocycles. The summed E-state index contributed by atoms with van der Waals surface area (Å²) in [4.78, 5) is 26.8. The number of carboxylic acid groups (broad SMARTS) is 1. The van der Waals surface area contributed by atoms with Crippen molar-refractivity contribution in [1.29, 1.82) is 0 Å². The Morgan fingerprint density at radius 2 is 1.76 bits per heavy atom. The van der Waals surface area contributed by atoms with Gasteiger partial charge >= 0.3 is 5.97 Å². The molecule has 1 fully saturated rings. The lowest BCUT2D eigenvalue weighted by Crippen LogP contribution is -2.52. The second kappa shape index (κ2) is 9.70. The van der Waals surface area contributed by atoms with Gasteiger partial charge in [0.05, 0.1) is 6.61 Å². The normalized spacial score (nSPS) is 20.2. The van der Waals surface area contributed by atoms with E-state index in [0.717, 1.165) is 12.0 Å². The van der Waals surface area contributed by atoms with Crippen LogP contribution in [0.25, 0.3) is 0 Å². The molecule has 0 spiro atoms. The predicted molar refractivity (Wildman–Crippen MR) is 112 cm³/mol. The summed E-state index contributed by atoms with van der Waals surface area (Å²) in [6.07, 6.45) is 2.34. The van der Waals surface area contributed by atoms with E-state index in [9.17, 15) is 14.7 Å². The first kappa shape index (κ1) is 21.1.